The first-order chi connectivity index (χ1) is 18.3. The lowest BCUT2D eigenvalue weighted by Gasteiger charge is -2.19. The average molecular weight is 599 g/mol. The second-order valence-electron chi connectivity index (χ2n) is 8.05. The number of ether oxygens (including phenoxy) is 3. The number of para-hydroxylation sites is 1. The van der Waals surface area contributed by atoms with E-state index in [1.54, 1.807) is 38.1 Å². The zero-order chi connectivity index (χ0) is 27.2. The first kappa shape index (κ1) is 27.3. The smallest absolute Gasteiger partial charge is 0.347 e. The van der Waals surface area contributed by atoms with E-state index in [0.29, 0.717) is 39.1 Å². The summed E-state index contributed by atoms with van der Waals surface area (Å²) in [5.41, 5.74) is 1.51. The highest BCUT2D eigenvalue weighted by Crippen LogP contribution is 2.43. The normalized spacial score (nSPS) is 12.0. The summed E-state index contributed by atoms with van der Waals surface area (Å²) in [6.07, 6.45) is 0.579. The van der Waals surface area contributed by atoms with Crippen LogP contribution in [0.4, 0.5) is 0 Å². The van der Waals surface area contributed by atoms with Gasteiger partial charge in [-0.15, -0.1) is 0 Å². The monoisotopic (exact) mass is 597 g/mol. The summed E-state index contributed by atoms with van der Waals surface area (Å²) in [5, 5.41) is 5.13. The molecule has 0 unspecified atom stereocenters. The van der Waals surface area contributed by atoms with Gasteiger partial charge in [0.2, 0.25) is 0 Å². The maximum absolute atomic E-state index is 13.4. The summed E-state index contributed by atoms with van der Waals surface area (Å²) in [6, 6.07) is 18.1. The van der Waals surface area contributed by atoms with Gasteiger partial charge in [0.25, 0.3) is 5.56 Å². The Bertz CT molecular complexity index is 1560. The topological polar surface area (TPSA) is 92.0 Å². The van der Waals surface area contributed by atoms with Crippen molar-refractivity contribution < 1.29 is 19.0 Å². The predicted octanol–water partition coefficient (Wildman–Crippen LogP) is 6.09. The van der Waals surface area contributed by atoms with Gasteiger partial charge in [0.15, 0.2) is 23.4 Å². The average Bonchev–Trinajstić information content (AvgIpc) is 2.93. The van der Waals surface area contributed by atoms with Crippen LogP contribution in [0.5, 0.6) is 11.5 Å². The van der Waals surface area contributed by atoms with Crippen LogP contribution >= 0.6 is 27.5 Å². The number of hydrogen-bond acceptors (Lipinski definition) is 7. The molecule has 0 amide bonds. The number of benzene rings is 3. The van der Waals surface area contributed by atoms with Crippen LogP contribution in [0.25, 0.3) is 22.3 Å². The molecule has 0 N–H and O–H groups in total. The highest BCUT2D eigenvalue weighted by Gasteiger charge is 2.23. The molecule has 8 nitrogen and oxygen atoms in total. The van der Waals surface area contributed by atoms with Gasteiger partial charge in [0, 0.05) is 15.6 Å². The molecule has 0 bridgehead atoms. The number of nitrogens with zero attached hydrogens (tertiary/aromatic N) is 3. The first-order valence-corrected chi connectivity index (χ1v) is 13.1. The van der Waals surface area contributed by atoms with Crippen molar-refractivity contribution in [1.29, 1.82) is 0 Å². The summed E-state index contributed by atoms with van der Waals surface area (Å²) in [7, 11) is 0. The fraction of sp³-hybridized carbons (Fsp3) is 0.214. The molecule has 0 fully saturated rings. The number of rotatable bonds is 9. The standard InChI is InChI=1S/C28H25BrClN3O5/c1-4-36-22-15-19(23(29)24(30)25(22)38-17(3)28(35)37-5-2)16-31-33-26(18-11-7-6-8-12-18)32-21-14-10-9-13-20(21)27(33)34/h6-17H,4-5H2,1-3H3/t17-/m0/s1. The van der Waals surface area contributed by atoms with Crippen molar-refractivity contribution >= 4 is 50.6 Å². The Balaban J connectivity index is 1.82. The van der Waals surface area contributed by atoms with Crippen molar-refractivity contribution in [3.8, 4) is 22.9 Å². The molecule has 0 saturated heterocycles. The second-order valence-corrected chi connectivity index (χ2v) is 9.22. The third-order valence-corrected chi connectivity index (χ3v) is 6.91. The fourth-order valence-electron chi connectivity index (χ4n) is 3.68. The van der Waals surface area contributed by atoms with Crippen LogP contribution in [0.1, 0.15) is 26.3 Å². The van der Waals surface area contributed by atoms with Crippen LogP contribution < -0.4 is 15.0 Å². The van der Waals surface area contributed by atoms with Gasteiger partial charge in [-0.05, 0) is 54.9 Å². The van der Waals surface area contributed by atoms with E-state index >= 15 is 0 Å². The summed E-state index contributed by atoms with van der Waals surface area (Å²) in [6.45, 7) is 5.65. The predicted molar refractivity (Wildman–Crippen MR) is 151 cm³/mol. The molecule has 1 atom stereocenters. The van der Waals surface area contributed by atoms with Gasteiger partial charge >= 0.3 is 5.97 Å². The summed E-state index contributed by atoms with van der Waals surface area (Å²) in [5.74, 6) is 0.364. The minimum Gasteiger partial charge on any atom is -0.490 e. The van der Waals surface area contributed by atoms with Crippen molar-refractivity contribution in [3.05, 3.63) is 86.1 Å². The minimum atomic E-state index is -0.909. The van der Waals surface area contributed by atoms with Crippen molar-refractivity contribution in [2.75, 3.05) is 13.2 Å². The third kappa shape index (κ3) is 5.74. The van der Waals surface area contributed by atoms with E-state index < -0.39 is 12.1 Å². The lowest BCUT2D eigenvalue weighted by Crippen LogP contribution is -2.26. The Hall–Kier alpha value is -3.69. The molecule has 1 aromatic heterocycles. The first-order valence-electron chi connectivity index (χ1n) is 11.9. The Morgan fingerprint density at radius 1 is 1.13 bits per heavy atom. The Morgan fingerprint density at radius 2 is 1.84 bits per heavy atom. The molecule has 196 valence electrons. The quantitative estimate of drug-likeness (QED) is 0.171. The van der Waals surface area contributed by atoms with Crippen LogP contribution in [-0.2, 0) is 9.53 Å². The molecule has 4 aromatic rings. The number of halogens is 2. The SMILES string of the molecule is CCOC(=O)[C@H](C)Oc1c(OCC)cc(C=Nn2c(-c3ccccc3)nc3ccccc3c2=O)c(Br)c1Cl. The number of aromatic nitrogens is 2. The molecule has 4 rings (SSSR count). The van der Waals surface area contributed by atoms with Gasteiger partial charge in [0.1, 0.15) is 5.02 Å². The van der Waals surface area contributed by atoms with Gasteiger partial charge in [0.05, 0.1) is 30.3 Å². The highest BCUT2D eigenvalue weighted by atomic mass is 79.9. The molecule has 0 aliphatic heterocycles. The Kier molecular flexibility index (Phi) is 8.81. The Morgan fingerprint density at radius 3 is 2.55 bits per heavy atom. The van der Waals surface area contributed by atoms with E-state index in [2.05, 4.69) is 21.0 Å². The molecule has 0 radical (unpaired) electrons. The Labute approximate surface area is 232 Å². The molecule has 0 spiro atoms. The maximum atomic E-state index is 13.4. The van der Waals surface area contributed by atoms with Crippen LogP contribution in [0.15, 0.2) is 75.0 Å². The van der Waals surface area contributed by atoms with E-state index in [1.807, 2.05) is 43.3 Å². The number of esters is 1. The molecule has 10 heteroatoms. The van der Waals surface area contributed by atoms with Crippen molar-refractivity contribution in [2.24, 2.45) is 5.10 Å². The van der Waals surface area contributed by atoms with E-state index in [4.69, 9.17) is 30.8 Å². The number of carbonyl (C=O) groups is 1. The fourth-order valence-corrected chi connectivity index (χ4v) is 4.32. The van der Waals surface area contributed by atoms with Crippen LogP contribution in [-0.4, -0.2) is 41.2 Å². The molecule has 0 saturated carbocycles. The molecule has 3 aromatic carbocycles. The zero-order valence-corrected chi connectivity index (χ0v) is 23.3. The maximum Gasteiger partial charge on any atom is 0.347 e. The van der Waals surface area contributed by atoms with Gasteiger partial charge in [-0.2, -0.15) is 9.78 Å². The van der Waals surface area contributed by atoms with Crippen LogP contribution in [0.3, 0.4) is 0 Å². The summed E-state index contributed by atoms with van der Waals surface area (Å²) in [4.78, 5) is 30.3. The molecule has 38 heavy (non-hydrogen) atoms. The lowest BCUT2D eigenvalue weighted by molar-refractivity contribution is -0.150. The minimum absolute atomic E-state index is 0.181. The number of hydrogen-bond donors (Lipinski definition) is 0. The van der Waals surface area contributed by atoms with Crippen molar-refractivity contribution in [1.82, 2.24) is 9.66 Å². The lowest BCUT2D eigenvalue weighted by atomic mass is 10.2. The van der Waals surface area contributed by atoms with E-state index in [0.717, 1.165) is 5.56 Å². The van der Waals surface area contributed by atoms with Crippen molar-refractivity contribution in [2.45, 2.75) is 26.9 Å². The largest absolute Gasteiger partial charge is 0.490 e. The van der Waals surface area contributed by atoms with E-state index in [9.17, 15) is 9.59 Å². The van der Waals surface area contributed by atoms with Crippen molar-refractivity contribution in [3.63, 3.8) is 0 Å². The highest BCUT2D eigenvalue weighted by molar-refractivity contribution is 9.10. The van der Waals surface area contributed by atoms with Gasteiger partial charge < -0.3 is 14.2 Å². The second kappa shape index (κ2) is 12.2. The van der Waals surface area contributed by atoms with Gasteiger partial charge in [-0.3, -0.25) is 4.79 Å². The summed E-state index contributed by atoms with van der Waals surface area (Å²) >= 11 is 10.1. The molecular formula is C28H25BrClN3O5. The molecular weight excluding hydrogens is 574 g/mol. The van der Waals surface area contributed by atoms with Gasteiger partial charge in [-0.1, -0.05) is 54.1 Å². The third-order valence-electron chi connectivity index (χ3n) is 5.47. The molecule has 1 heterocycles. The van der Waals surface area contributed by atoms with E-state index in [-0.39, 0.29) is 22.9 Å². The number of fused-ring (bicyclic) bond motifs is 1. The summed E-state index contributed by atoms with van der Waals surface area (Å²) < 4.78 is 18.3. The van der Waals surface area contributed by atoms with Gasteiger partial charge in [-0.25, -0.2) is 9.78 Å². The van der Waals surface area contributed by atoms with Crippen LogP contribution in [0.2, 0.25) is 5.02 Å². The number of carbonyl (C=O) groups excluding carboxylic acids is 1. The van der Waals surface area contributed by atoms with Crippen LogP contribution in [0, 0.1) is 0 Å². The zero-order valence-electron chi connectivity index (χ0n) is 21.0. The van der Waals surface area contributed by atoms with E-state index in [1.165, 1.54) is 10.9 Å². The molecule has 0 aliphatic rings. The molecule has 0 aliphatic carbocycles.